The van der Waals surface area contributed by atoms with Crippen molar-refractivity contribution >= 4 is 11.3 Å². The number of nitrogens with one attached hydrogen (secondary N) is 1. The van der Waals surface area contributed by atoms with E-state index in [0.717, 1.165) is 13.1 Å². The molecule has 1 fully saturated rings. The molecule has 0 saturated carbocycles. The van der Waals surface area contributed by atoms with Crippen LogP contribution in [0, 0.1) is 13.8 Å². The third-order valence-corrected chi connectivity index (χ3v) is 4.98. The highest BCUT2D eigenvalue weighted by Crippen LogP contribution is 2.23. The summed E-state index contributed by atoms with van der Waals surface area (Å²) >= 11 is 1.86. The second kappa shape index (κ2) is 6.82. The number of nitrogens with zero attached hydrogens (tertiary/aromatic N) is 2. The zero-order chi connectivity index (χ0) is 13.8. The summed E-state index contributed by atoms with van der Waals surface area (Å²) in [5, 5.41) is 4.87. The molecule has 1 aromatic rings. The minimum atomic E-state index is 0.577. The number of aryl methyl sites for hydroxylation is 2. The van der Waals surface area contributed by atoms with Crippen LogP contribution in [0.1, 0.15) is 48.7 Å². The highest BCUT2D eigenvalue weighted by molar-refractivity contribution is 7.11. The average Bonchev–Trinajstić information content (AvgIpc) is 2.67. The van der Waals surface area contributed by atoms with Gasteiger partial charge in [-0.05, 0) is 33.2 Å². The minimum Gasteiger partial charge on any atom is -0.313 e. The smallest absolute Gasteiger partial charge is 0.107 e. The third kappa shape index (κ3) is 4.26. The van der Waals surface area contributed by atoms with Crippen molar-refractivity contribution in [2.45, 2.75) is 65.6 Å². The number of thiazole rings is 1. The van der Waals surface area contributed by atoms with Crippen LogP contribution in [0.5, 0.6) is 0 Å². The Morgan fingerprint density at radius 2 is 2.16 bits per heavy atom. The van der Waals surface area contributed by atoms with Gasteiger partial charge in [0.25, 0.3) is 0 Å². The van der Waals surface area contributed by atoms with Gasteiger partial charge in [-0.3, -0.25) is 4.90 Å². The van der Waals surface area contributed by atoms with Gasteiger partial charge in [-0.25, -0.2) is 4.98 Å². The first kappa shape index (κ1) is 14.9. The number of hydrogen-bond acceptors (Lipinski definition) is 4. The normalized spacial score (nSPS) is 21.2. The quantitative estimate of drug-likeness (QED) is 0.899. The van der Waals surface area contributed by atoms with Crippen molar-refractivity contribution in [2.24, 2.45) is 0 Å². The average molecular weight is 281 g/mol. The Hall–Kier alpha value is -0.450. The largest absolute Gasteiger partial charge is 0.313 e. The fraction of sp³-hybridized carbons (Fsp3) is 0.800. The first-order chi connectivity index (χ1) is 9.06. The van der Waals surface area contributed by atoms with E-state index in [1.165, 1.54) is 41.4 Å². The maximum Gasteiger partial charge on any atom is 0.107 e. The Bertz CT molecular complexity index is 381. The Labute approximate surface area is 121 Å². The predicted octanol–water partition coefficient (Wildman–Crippen LogP) is 3.11. The highest BCUT2D eigenvalue weighted by atomic mass is 32.1. The summed E-state index contributed by atoms with van der Waals surface area (Å²) in [6.07, 6.45) is 4.03. The molecule has 4 heteroatoms. The summed E-state index contributed by atoms with van der Waals surface area (Å²) < 4.78 is 0. The van der Waals surface area contributed by atoms with Gasteiger partial charge in [-0.2, -0.15) is 0 Å². The first-order valence-corrected chi connectivity index (χ1v) is 8.28. The Morgan fingerprint density at radius 1 is 1.37 bits per heavy atom. The summed E-state index contributed by atoms with van der Waals surface area (Å²) in [4.78, 5) is 8.68. The summed E-state index contributed by atoms with van der Waals surface area (Å²) in [6.45, 7) is 12.1. The van der Waals surface area contributed by atoms with Crippen molar-refractivity contribution < 1.29 is 0 Å². The zero-order valence-electron chi connectivity index (χ0n) is 12.7. The molecule has 1 aliphatic rings. The monoisotopic (exact) mass is 281 g/mol. The van der Waals surface area contributed by atoms with Crippen LogP contribution in [0.2, 0.25) is 0 Å². The molecule has 3 nitrogen and oxygen atoms in total. The molecule has 0 aliphatic carbocycles. The second-order valence-electron chi connectivity index (χ2n) is 5.93. The molecular weight excluding hydrogens is 254 g/mol. The van der Waals surface area contributed by atoms with Gasteiger partial charge in [-0.15, -0.1) is 11.3 Å². The van der Waals surface area contributed by atoms with E-state index in [0.29, 0.717) is 12.1 Å². The molecule has 1 saturated heterocycles. The number of piperidine rings is 1. The molecule has 1 aliphatic heterocycles. The molecule has 0 radical (unpaired) electrons. The number of aromatic nitrogens is 1. The lowest BCUT2D eigenvalue weighted by Gasteiger charge is -2.35. The van der Waals surface area contributed by atoms with Crippen molar-refractivity contribution in [3.8, 4) is 0 Å². The molecule has 0 amide bonds. The minimum absolute atomic E-state index is 0.577. The molecule has 0 aromatic carbocycles. The fourth-order valence-electron chi connectivity index (χ4n) is 2.65. The first-order valence-electron chi connectivity index (χ1n) is 7.46. The summed E-state index contributed by atoms with van der Waals surface area (Å²) in [6, 6.07) is 1.26. The van der Waals surface area contributed by atoms with Gasteiger partial charge in [0.15, 0.2) is 0 Å². The van der Waals surface area contributed by atoms with Gasteiger partial charge in [0.2, 0.25) is 0 Å². The van der Waals surface area contributed by atoms with Crippen molar-refractivity contribution in [1.29, 1.82) is 0 Å². The number of likely N-dealkylation sites (tertiary alicyclic amines) is 1. The van der Waals surface area contributed by atoms with Crippen LogP contribution in [0.15, 0.2) is 0 Å². The maximum absolute atomic E-state index is 4.69. The SMILES string of the molecule is Cc1nc(CN2CCCCC2CNC(C)C)sc1C. The molecule has 1 unspecified atom stereocenters. The van der Waals surface area contributed by atoms with Gasteiger partial charge in [0.1, 0.15) is 5.01 Å². The van der Waals surface area contributed by atoms with E-state index in [4.69, 9.17) is 4.98 Å². The van der Waals surface area contributed by atoms with Crippen molar-refractivity contribution in [1.82, 2.24) is 15.2 Å². The lowest BCUT2D eigenvalue weighted by atomic mass is 10.0. The Balaban J connectivity index is 1.95. The number of hydrogen-bond donors (Lipinski definition) is 1. The fourth-order valence-corrected chi connectivity index (χ4v) is 3.61. The van der Waals surface area contributed by atoms with Crippen LogP contribution < -0.4 is 5.32 Å². The molecule has 0 spiro atoms. The van der Waals surface area contributed by atoms with E-state index in [2.05, 4.69) is 37.9 Å². The van der Waals surface area contributed by atoms with Gasteiger partial charge in [0.05, 0.1) is 12.2 Å². The van der Waals surface area contributed by atoms with Gasteiger partial charge >= 0.3 is 0 Å². The molecule has 2 rings (SSSR count). The standard InChI is InChI=1S/C15H27N3S/c1-11(2)16-9-14-7-5-6-8-18(14)10-15-17-12(3)13(4)19-15/h11,14,16H,5-10H2,1-4H3. The van der Waals surface area contributed by atoms with Crippen LogP contribution in [0.4, 0.5) is 0 Å². The molecule has 1 atom stereocenters. The summed E-state index contributed by atoms with van der Waals surface area (Å²) in [5.74, 6) is 0. The Kier molecular flexibility index (Phi) is 5.37. The third-order valence-electron chi connectivity index (χ3n) is 3.92. The summed E-state index contributed by atoms with van der Waals surface area (Å²) in [5.41, 5.74) is 1.20. The lowest BCUT2D eigenvalue weighted by molar-refractivity contribution is 0.135. The van der Waals surface area contributed by atoms with Crippen molar-refractivity contribution in [3.05, 3.63) is 15.6 Å². The molecular formula is C15H27N3S. The van der Waals surface area contributed by atoms with E-state index in [9.17, 15) is 0 Å². The summed E-state index contributed by atoms with van der Waals surface area (Å²) in [7, 11) is 0. The van der Waals surface area contributed by atoms with Crippen LogP contribution in [-0.2, 0) is 6.54 Å². The van der Waals surface area contributed by atoms with E-state index in [1.807, 2.05) is 11.3 Å². The van der Waals surface area contributed by atoms with Gasteiger partial charge < -0.3 is 5.32 Å². The lowest BCUT2D eigenvalue weighted by Crippen LogP contribution is -2.46. The second-order valence-corrected chi connectivity index (χ2v) is 7.22. The predicted molar refractivity (Wildman–Crippen MR) is 82.8 cm³/mol. The Morgan fingerprint density at radius 3 is 2.79 bits per heavy atom. The number of rotatable bonds is 5. The topological polar surface area (TPSA) is 28.2 Å². The van der Waals surface area contributed by atoms with E-state index in [1.54, 1.807) is 0 Å². The molecule has 1 aromatic heterocycles. The van der Waals surface area contributed by atoms with Crippen molar-refractivity contribution in [2.75, 3.05) is 13.1 Å². The van der Waals surface area contributed by atoms with E-state index < -0.39 is 0 Å². The zero-order valence-corrected chi connectivity index (χ0v) is 13.5. The van der Waals surface area contributed by atoms with E-state index >= 15 is 0 Å². The molecule has 0 bridgehead atoms. The molecule has 2 heterocycles. The highest BCUT2D eigenvalue weighted by Gasteiger charge is 2.23. The van der Waals surface area contributed by atoms with Gasteiger partial charge in [-0.1, -0.05) is 20.3 Å². The van der Waals surface area contributed by atoms with Crippen LogP contribution in [0.25, 0.3) is 0 Å². The maximum atomic E-state index is 4.69. The van der Waals surface area contributed by atoms with E-state index in [-0.39, 0.29) is 0 Å². The molecule has 19 heavy (non-hydrogen) atoms. The van der Waals surface area contributed by atoms with Crippen molar-refractivity contribution in [3.63, 3.8) is 0 Å². The van der Waals surface area contributed by atoms with Gasteiger partial charge in [0, 0.05) is 23.5 Å². The van der Waals surface area contributed by atoms with Crippen LogP contribution in [0.3, 0.4) is 0 Å². The molecule has 1 N–H and O–H groups in total. The van der Waals surface area contributed by atoms with Crippen LogP contribution in [-0.4, -0.2) is 35.1 Å². The van der Waals surface area contributed by atoms with Crippen LogP contribution >= 0.6 is 11.3 Å². The molecule has 108 valence electrons.